The van der Waals surface area contributed by atoms with Gasteiger partial charge >= 0.3 is 0 Å². The number of methoxy groups -OCH3 is 1. The molecule has 74 valence electrons. The van der Waals surface area contributed by atoms with E-state index < -0.39 is 0 Å². The molecule has 0 spiro atoms. The van der Waals surface area contributed by atoms with E-state index in [0.29, 0.717) is 24.7 Å². The number of rotatable bonds is 2. The molecule has 4 heteroatoms. The average Bonchev–Trinajstić information content (AvgIpc) is 2.62. The van der Waals surface area contributed by atoms with E-state index in [2.05, 4.69) is 4.98 Å². The molecule has 14 heavy (non-hydrogen) atoms. The summed E-state index contributed by atoms with van der Waals surface area (Å²) >= 11 is 0. The monoisotopic (exact) mass is 193 g/mol. The predicted molar refractivity (Wildman–Crippen MR) is 49.3 cm³/mol. The second-order valence-corrected chi connectivity index (χ2v) is 3.20. The number of pyridine rings is 1. The Labute approximate surface area is 81.9 Å². The Bertz CT molecular complexity index is 387. The normalized spacial score (nSPS) is 13.9. The molecule has 1 aliphatic rings. The van der Waals surface area contributed by atoms with Crippen LogP contribution in [0, 0.1) is 0 Å². The number of aromatic nitrogens is 1. The van der Waals surface area contributed by atoms with E-state index in [1.807, 2.05) is 0 Å². The third kappa shape index (κ3) is 1.37. The van der Waals surface area contributed by atoms with Gasteiger partial charge in [0.25, 0.3) is 0 Å². The van der Waals surface area contributed by atoms with Crippen LogP contribution in [0.2, 0.25) is 0 Å². The van der Waals surface area contributed by atoms with Gasteiger partial charge in [-0.1, -0.05) is 0 Å². The SMILES string of the molecule is COc1nc2c(cc1C(C)=O)COC2. The summed E-state index contributed by atoms with van der Waals surface area (Å²) in [4.78, 5) is 15.5. The molecular weight excluding hydrogens is 182 g/mol. The maximum atomic E-state index is 11.3. The third-order valence-corrected chi connectivity index (χ3v) is 2.23. The zero-order chi connectivity index (χ0) is 10.1. The molecule has 0 atom stereocenters. The number of carbonyl (C=O) groups is 1. The number of hydrogen-bond donors (Lipinski definition) is 0. The minimum absolute atomic E-state index is 0.0379. The molecule has 0 aromatic carbocycles. The minimum Gasteiger partial charge on any atom is -0.480 e. The van der Waals surface area contributed by atoms with Crippen LogP contribution in [0.15, 0.2) is 6.07 Å². The standard InChI is InChI=1S/C10H11NO3/c1-6(12)8-3-7-4-14-5-9(7)11-10(8)13-2/h3H,4-5H2,1-2H3. The summed E-state index contributed by atoms with van der Waals surface area (Å²) in [6.07, 6.45) is 0. The molecule has 1 aromatic heterocycles. The number of fused-ring (bicyclic) bond motifs is 1. The highest BCUT2D eigenvalue weighted by molar-refractivity contribution is 5.96. The van der Waals surface area contributed by atoms with Gasteiger partial charge in [-0.05, 0) is 13.0 Å². The molecule has 4 nitrogen and oxygen atoms in total. The fourth-order valence-electron chi connectivity index (χ4n) is 1.49. The van der Waals surface area contributed by atoms with Gasteiger partial charge in [0.15, 0.2) is 5.78 Å². The highest BCUT2D eigenvalue weighted by Gasteiger charge is 2.19. The van der Waals surface area contributed by atoms with Crippen molar-refractivity contribution in [1.82, 2.24) is 4.98 Å². The van der Waals surface area contributed by atoms with Gasteiger partial charge in [0, 0.05) is 5.56 Å². The molecule has 0 N–H and O–H groups in total. The van der Waals surface area contributed by atoms with E-state index in [0.717, 1.165) is 11.3 Å². The maximum absolute atomic E-state index is 11.3. The van der Waals surface area contributed by atoms with Crippen LogP contribution in [0.3, 0.4) is 0 Å². The zero-order valence-corrected chi connectivity index (χ0v) is 8.16. The van der Waals surface area contributed by atoms with E-state index in [9.17, 15) is 4.79 Å². The van der Waals surface area contributed by atoms with Crippen molar-refractivity contribution in [3.63, 3.8) is 0 Å². The molecular formula is C10H11NO3. The second kappa shape index (κ2) is 3.38. The Balaban J connectivity index is 2.54. The Kier molecular flexibility index (Phi) is 2.21. The molecule has 0 saturated carbocycles. The maximum Gasteiger partial charge on any atom is 0.224 e. The Hall–Kier alpha value is -1.42. The molecule has 0 fully saturated rings. The van der Waals surface area contributed by atoms with Crippen LogP contribution in [-0.2, 0) is 18.0 Å². The van der Waals surface area contributed by atoms with Gasteiger partial charge < -0.3 is 9.47 Å². The molecule has 0 radical (unpaired) electrons. The average molecular weight is 193 g/mol. The van der Waals surface area contributed by atoms with Gasteiger partial charge in [-0.2, -0.15) is 0 Å². The van der Waals surface area contributed by atoms with Crippen LogP contribution in [0.5, 0.6) is 5.88 Å². The Morgan fingerprint density at radius 1 is 1.57 bits per heavy atom. The number of hydrogen-bond acceptors (Lipinski definition) is 4. The van der Waals surface area contributed by atoms with Crippen LogP contribution in [-0.4, -0.2) is 17.9 Å². The van der Waals surface area contributed by atoms with E-state index in [1.54, 1.807) is 6.07 Å². The largest absolute Gasteiger partial charge is 0.480 e. The molecule has 0 saturated heterocycles. The van der Waals surface area contributed by atoms with Crippen molar-refractivity contribution >= 4 is 5.78 Å². The summed E-state index contributed by atoms with van der Waals surface area (Å²) in [6.45, 7) is 2.54. The number of ketones is 1. The van der Waals surface area contributed by atoms with Gasteiger partial charge in [-0.25, -0.2) is 4.98 Å². The van der Waals surface area contributed by atoms with Crippen LogP contribution in [0.4, 0.5) is 0 Å². The fourth-order valence-corrected chi connectivity index (χ4v) is 1.49. The highest BCUT2D eigenvalue weighted by atomic mass is 16.5. The van der Waals surface area contributed by atoms with Crippen molar-refractivity contribution in [2.75, 3.05) is 7.11 Å². The van der Waals surface area contributed by atoms with Crippen molar-refractivity contribution in [3.8, 4) is 5.88 Å². The summed E-state index contributed by atoms with van der Waals surface area (Å²) < 4.78 is 10.3. The lowest BCUT2D eigenvalue weighted by Crippen LogP contribution is -2.03. The molecule has 2 rings (SSSR count). The number of nitrogens with zero attached hydrogens (tertiary/aromatic N) is 1. The predicted octanol–water partition coefficient (Wildman–Crippen LogP) is 1.32. The smallest absolute Gasteiger partial charge is 0.224 e. The summed E-state index contributed by atoms with van der Waals surface area (Å²) in [6, 6.07) is 1.80. The fraction of sp³-hybridized carbons (Fsp3) is 0.400. The highest BCUT2D eigenvalue weighted by Crippen LogP contribution is 2.25. The summed E-state index contributed by atoms with van der Waals surface area (Å²) in [5.74, 6) is 0.353. The van der Waals surface area contributed by atoms with E-state index in [1.165, 1.54) is 14.0 Å². The molecule has 1 aliphatic heterocycles. The van der Waals surface area contributed by atoms with E-state index in [-0.39, 0.29) is 5.78 Å². The topological polar surface area (TPSA) is 48.4 Å². The lowest BCUT2D eigenvalue weighted by Gasteiger charge is -2.06. The van der Waals surface area contributed by atoms with Crippen LogP contribution < -0.4 is 4.74 Å². The summed E-state index contributed by atoms with van der Waals surface area (Å²) in [5, 5.41) is 0. The minimum atomic E-state index is -0.0379. The van der Waals surface area contributed by atoms with E-state index in [4.69, 9.17) is 9.47 Å². The zero-order valence-electron chi connectivity index (χ0n) is 8.16. The molecule has 0 bridgehead atoms. The van der Waals surface area contributed by atoms with Crippen molar-refractivity contribution < 1.29 is 14.3 Å². The third-order valence-electron chi connectivity index (χ3n) is 2.23. The van der Waals surface area contributed by atoms with Gasteiger partial charge in [-0.15, -0.1) is 0 Å². The molecule has 1 aromatic rings. The Morgan fingerprint density at radius 2 is 2.36 bits per heavy atom. The summed E-state index contributed by atoms with van der Waals surface area (Å²) in [5.41, 5.74) is 2.37. The van der Waals surface area contributed by atoms with Crippen LogP contribution in [0.25, 0.3) is 0 Å². The van der Waals surface area contributed by atoms with Crippen molar-refractivity contribution in [3.05, 3.63) is 22.9 Å². The first-order valence-corrected chi connectivity index (χ1v) is 4.38. The van der Waals surface area contributed by atoms with E-state index >= 15 is 0 Å². The van der Waals surface area contributed by atoms with Crippen molar-refractivity contribution in [2.24, 2.45) is 0 Å². The van der Waals surface area contributed by atoms with Gasteiger partial charge in [0.1, 0.15) is 0 Å². The lowest BCUT2D eigenvalue weighted by atomic mass is 10.1. The molecule has 0 unspecified atom stereocenters. The molecule has 0 amide bonds. The summed E-state index contributed by atoms with van der Waals surface area (Å²) in [7, 11) is 1.51. The molecule has 2 heterocycles. The second-order valence-electron chi connectivity index (χ2n) is 3.20. The van der Waals surface area contributed by atoms with Gasteiger partial charge in [0.05, 0.1) is 31.6 Å². The quantitative estimate of drug-likeness (QED) is 0.665. The number of carbonyl (C=O) groups excluding carboxylic acids is 1. The van der Waals surface area contributed by atoms with Gasteiger partial charge in [0.2, 0.25) is 5.88 Å². The Morgan fingerprint density at radius 3 is 3.00 bits per heavy atom. The van der Waals surface area contributed by atoms with Crippen LogP contribution >= 0.6 is 0 Å². The number of ether oxygens (including phenoxy) is 2. The lowest BCUT2D eigenvalue weighted by molar-refractivity contribution is 0.101. The van der Waals surface area contributed by atoms with Crippen LogP contribution in [0.1, 0.15) is 28.5 Å². The molecule has 0 aliphatic carbocycles. The number of Topliss-reactive ketones (excluding diaryl/α,β-unsaturated/α-hetero) is 1. The van der Waals surface area contributed by atoms with Gasteiger partial charge in [-0.3, -0.25) is 4.79 Å². The first-order chi connectivity index (χ1) is 6.72. The first kappa shape index (κ1) is 9.15. The first-order valence-electron chi connectivity index (χ1n) is 4.38. The van der Waals surface area contributed by atoms with Crippen molar-refractivity contribution in [2.45, 2.75) is 20.1 Å². The van der Waals surface area contributed by atoms with Crippen molar-refractivity contribution in [1.29, 1.82) is 0 Å².